The maximum absolute atomic E-state index is 14.5. The number of esters is 1. The van der Waals surface area contributed by atoms with Crippen molar-refractivity contribution in [2.24, 2.45) is 40.7 Å². The zero-order valence-corrected chi connectivity index (χ0v) is 53.3. The number of carbonyl (C=O) groups excluding carboxylic acids is 4. The van der Waals surface area contributed by atoms with E-state index in [0.717, 1.165) is 43.7 Å². The molecule has 5 rings (SSSR count). The van der Waals surface area contributed by atoms with E-state index in [1.807, 2.05) is 26.0 Å². The molecule has 1 aliphatic carbocycles. The quantitative estimate of drug-likeness (QED) is 0.0133. The Labute approximate surface area is 506 Å². The van der Waals surface area contributed by atoms with E-state index < -0.39 is 83.9 Å². The maximum Gasteiger partial charge on any atom is 0.329 e. The molecule has 1 aromatic heterocycles. The SMILES string of the molecule is CO[C@@H](C[C@@H]1CC[C@@H](C)[C@](O)(C(=O)C(=O)N2CCCC[C@H]2C(=O)O[C@H](CC[C@@H]2CC[C@@H](O)[C@H](OC)C2)C[C@@H](O)[C@H](C)/C=C(\C)[C@@H](O)[C@@H](OC)/C(=N/OCC(=O)NCc2cnc(N3CCN(C)CC3)nc2)[C@H](C)CC(C)C)O1)/C(C)=C/C=C/C(C)C. The number of Topliss-reactive ketones (excluding diaryl/α,β-unsaturated/α-hetero) is 1. The molecule has 21 nitrogen and oxygen atoms in total. The van der Waals surface area contributed by atoms with Gasteiger partial charge in [0, 0.05) is 109 Å². The molecule has 3 saturated heterocycles. The fourth-order valence-electron chi connectivity index (χ4n) is 12.1. The molecule has 21 heteroatoms. The Kier molecular flexibility index (Phi) is 29.0. The van der Waals surface area contributed by atoms with Crippen LogP contribution in [0.5, 0.6) is 0 Å². The van der Waals surface area contributed by atoms with Gasteiger partial charge in [-0.2, -0.15) is 0 Å². The minimum absolute atomic E-state index is 0.00372. The number of methoxy groups -OCH3 is 3. The highest BCUT2D eigenvalue weighted by Crippen LogP contribution is 2.37. The summed E-state index contributed by atoms with van der Waals surface area (Å²) in [6.45, 7) is 20.9. The van der Waals surface area contributed by atoms with Gasteiger partial charge in [-0.3, -0.25) is 14.4 Å². The number of rotatable bonds is 31. The number of likely N-dealkylation sites (N-methyl/N-ethyl adjacent to an activating group) is 1. The van der Waals surface area contributed by atoms with Crippen molar-refractivity contribution >= 4 is 35.2 Å². The molecule has 4 fully saturated rings. The van der Waals surface area contributed by atoms with E-state index in [9.17, 15) is 39.6 Å². The average Bonchev–Trinajstić information content (AvgIpc) is 2.22. The Morgan fingerprint density at radius 2 is 1.61 bits per heavy atom. The Bertz CT molecular complexity index is 2380. The van der Waals surface area contributed by atoms with Crippen LogP contribution in [-0.2, 0) is 54.2 Å². The number of likely N-dealkylation sites (tertiary alicyclic amines) is 1. The van der Waals surface area contributed by atoms with Gasteiger partial charge >= 0.3 is 5.97 Å². The highest BCUT2D eigenvalue weighted by molar-refractivity contribution is 6.39. The van der Waals surface area contributed by atoms with Gasteiger partial charge in [-0.05, 0) is 120 Å². The van der Waals surface area contributed by atoms with Crippen molar-refractivity contribution in [3.63, 3.8) is 0 Å². The van der Waals surface area contributed by atoms with Crippen LogP contribution in [0.2, 0.25) is 0 Å². The Morgan fingerprint density at radius 3 is 2.26 bits per heavy atom. The predicted molar refractivity (Wildman–Crippen MR) is 325 cm³/mol. The van der Waals surface area contributed by atoms with Crippen molar-refractivity contribution < 1.29 is 68.1 Å². The first-order chi connectivity index (χ1) is 40.4. The molecular formula is C64H105N7O14. The van der Waals surface area contributed by atoms with Gasteiger partial charge in [0.15, 0.2) is 6.61 Å². The minimum Gasteiger partial charge on any atom is -0.461 e. The zero-order chi connectivity index (χ0) is 62.5. The molecular weight excluding hydrogens is 1090 g/mol. The topological polar surface area (TPSA) is 264 Å². The highest BCUT2D eigenvalue weighted by Gasteiger charge is 2.53. The van der Waals surface area contributed by atoms with Crippen molar-refractivity contribution in [2.45, 2.75) is 213 Å². The van der Waals surface area contributed by atoms with Crippen molar-refractivity contribution in [2.75, 3.05) is 72.6 Å². The first kappa shape index (κ1) is 71.0. The number of amides is 2. The largest absolute Gasteiger partial charge is 0.461 e. The van der Waals surface area contributed by atoms with Crippen molar-refractivity contribution in [3.05, 3.63) is 53.4 Å². The first-order valence-corrected chi connectivity index (χ1v) is 31.2. The number of ether oxygens (including phenoxy) is 5. The summed E-state index contributed by atoms with van der Waals surface area (Å²) in [6, 6.07) is -1.13. The molecule has 0 spiro atoms. The van der Waals surface area contributed by atoms with Gasteiger partial charge in [0.1, 0.15) is 24.4 Å². The van der Waals surface area contributed by atoms with E-state index in [0.29, 0.717) is 87.4 Å². The first-order valence-electron chi connectivity index (χ1n) is 31.2. The van der Waals surface area contributed by atoms with E-state index in [4.69, 9.17) is 28.5 Å². The molecule has 0 bridgehead atoms. The number of aliphatic hydroxyl groups excluding tert-OH is 3. The third kappa shape index (κ3) is 21.3. The molecule has 0 aromatic carbocycles. The lowest BCUT2D eigenvalue weighted by Crippen LogP contribution is -2.60. The number of aliphatic hydroxyl groups is 4. The number of aromatic nitrogens is 2. The van der Waals surface area contributed by atoms with Gasteiger partial charge in [-0.15, -0.1) is 0 Å². The molecule has 14 atom stereocenters. The lowest BCUT2D eigenvalue weighted by Gasteiger charge is -2.42. The van der Waals surface area contributed by atoms with E-state index >= 15 is 0 Å². The zero-order valence-electron chi connectivity index (χ0n) is 53.3. The number of hydrogen-bond acceptors (Lipinski definition) is 19. The Morgan fingerprint density at radius 1 is 0.906 bits per heavy atom. The molecule has 2 amide bonds. The number of nitrogens with zero attached hydrogens (tertiary/aromatic N) is 6. The number of nitrogens with one attached hydrogen (secondary N) is 1. The van der Waals surface area contributed by atoms with Gasteiger partial charge in [-0.1, -0.05) is 77.9 Å². The van der Waals surface area contributed by atoms with Gasteiger partial charge in [0.25, 0.3) is 17.6 Å². The summed E-state index contributed by atoms with van der Waals surface area (Å²) < 4.78 is 29.8. The average molecular weight is 1200 g/mol. The van der Waals surface area contributed by atoms with Crippen LogP contribution in [0.25, 0.3) is 0 Å². The number of anilines is 1. The number of hydrogen-bond donors (Lipinski definition) is 5. The van der Waals surface area contributed by atoms with E-state index in [1.165, 1.54) is 12.0 Å². The van der Waals surface area contributed by atoms with E-state index in [1.54, 1.807) is 53.5 Å². The smallest absolute Gasteiger partial charge is 0.329 e. The van der Waals surface area contributed by atoms with Gasteiger partial charge in [0.05, 0.1) is 36.2 Å². The van der Waals surface area contributed by atoms with Crippen LogP contribution in [0.3, 0.4) is 0 Å². The Hall–Kier alpha value is -4.71. The molecule has 0 radical (unpaired) electrons. The molecule has 0 unspecified atom stereocenters. The van der Waals surface area contributed by atoms with Crippen LogP contribution in [0, 0.1) is 35.5 Å². The summed E-state index contributed by atoms with van der Waals surface area (Å²) in [5.74, 6) is -5.80. The Balaban J connectivity index is 1.27. The summed E-state index contributed by atoms with van der Waals surface area (Å²) in [5, 5.41) is 53.8. The lowest BCUT2D eigenvalue weighted by atomic mass is 9.81. The number of piperidine rings is 1. The lowest BCUT2D eigenvalue weighted by molar-refractivity contribution is -0.265. The van der Waals surface area contributed by atoms with Crippen LogP contribution in [0.4, 0.5) is 5.95 Å². The van der Waals surface area contributed by atoms with E-state index in [-0.39, 0.29) is 62.5 Å². The molecule has 1 saturated carbocycles. The number of ketones is 1. The fourth-order valence-corrected chi connectivity index (χ4v) is 12.1. The third-order valence-corrected chi connectivity index (χ3v) is 17.6. The summed E-state index contributed by atoms with van der Waals surface area (Å²) >= 11 is 0. The fraction of sp³-hybridized carbons (Fsp3) is 0.766. The number of oxime groups is 1. The van der Waals surface area contributed by atoms with Crippen LogP contribution >= 0.6 is 0 Å². The van der Waals surface area contributed by atoms with Gasteiger partial charge in [0.2, 0.25) is 11.7 Å². The second-order valence-electron chi connectivity index (χ2n) is 25.4. The molecule has 4 heterocycles. The summed E-state index contributed by atoms with van der Waals surface area (Å²) in [7, 11) is 6.73. The molecule has 3 aliphatic heterocycles. The van der Waals surface area contributed by atoms with Gasteiger partial charge in [-0.25, -0.2) is 14.8 Å². The third-order valence-electron chi connectivity index (χ3n) is 17.6. The molecule has 1 aromatic rings. The number of piperazine rings is 1. The molecule has 4 aliphatic rings. The van der Waals surface area contributed by atoms with Crippen LogP contribution in [0.1, 0.15) is 151 Å². The van der Waals surface area contributed by atoms with Crippen LogP contribution in [0.15, 0.2) is 53.0 Å². The normalized spacial score (nSPS) is 26.6. The van der Waals surface area contributed by atoms with Crippen molar-refractivity contribution in [3.8, 4) is 0 Å². The standard InChI is InChI=1S/C64H105N7O14/c1-40(2)17-16-18-42(5)54(80-11)35-50-23-20-46(9)64(79,85-50)60(76)61(77)71-26-15-14-19-51(71)62(78)84-49(24-21-47-22-25-52(72)55(33-47)81-12)34-53(73)43(6)32-45(8)58(75)59(82-13)57(44(7)31-41(3)4)68-83-39-56(74)65-36-48-37-66-63(67-38-48)70-29-27-69(10)28-30-70/h16-18,32,37-38,40-41,43-44,46-47,49-55,58-59,72-73,75,79H,14-15,19-31,33-36,39H2,1-13H3,(H,65,74)/b17-16+,42-18+,45-32+,68-57+/t43-,44-,46-,47-,49-,50+,51+,52-,53-,54+,55-,58-,59+,64-/m1/s1. The van der Waals surface area contributed by atoms with E-state index in [2.05, 4.69) is 71.1 Å². The number of carbonyl (C=O) groups is 4. The predicted octanol–water partition coefficient (Wildman–Crippen LogP) is 6.49. The van der Waals surface area contributed by atoms with Crippen molar-refractivity contribution in [1.82, 2.24) is 25.1 Å². The second kappa shape index (κ2) is 34.7. The highest BCUT2D eigenvalue weighted by atomic mass is 16.6. The summed E-state index contributed by atoms with van der Waals surface area (Å²) in [4.78, 5) is 76.5. The summed E-state index contributed by atoms with van der Waals surface area (Å²) in [6.07, 6.45) is 11.4. The maximum atomic E-state index is 14.5. The summed E-state index contributed by atoms with van der Waals surface area (Å²) in [5.41, 5.74) is 2.56. The number of allylic oxidation sites excluding steroid dienone is 3. The molecule has 5 N–H and O–H groups in total. The van der Waals surface area contributed by atoms with Crippen LogP contribution < -0.4 is 10.2 Å². The molecule has 85 heavy (non-hydrogen) atoms. The second-order valence-corrected chi connectivity index (χ2v) is 25.4. The van der Waals surface area contributed by atoms with Gasteiger partial charge < -0.3 is 69.0 Å². The van der Waals surface area contributed by atoms with Crippen LogP contribution in [-0.4, -0.2) is 198 Å². The molecule has 480 valence electrons. The monoisotopic (exact) mass is 1200 g/mol. The minimum atomic E-state index is -2.43. The van der Waals surface area contributed by atoms with Crippen molar-refractivity contribution in [1.29, 1.82) is 0 Å².